The third-order valence-corrected chi connectivity index (χ3v) is 6.57. The van der Waals surface area contributed by atoms with Gasteiger partial charge in [-0.2, -0.15) is 0 Å². The third-order valence-electron chi connectivity index (χ3n) is 6.57. The topological polar surface area (TPSA) is 52.6 Å². The second-order valence-corrected chi connectivity index (χ2v) is 8.46. The normalized spacial score (nSPS) is 16.7. The van der Waals surface area contributed by atoms with Crippen molar-refractivity contribution in [3.8, 4) is 11.4 Å². The average Bonchev–Trinajstić information content (AvgIpc) is 2.88. The smallest absolute Gasteiger partial charge is 0.259 e. The molecule has 0 N–H and O–H groups in total. The molecule has 6 nitrogen and oxygen atoms in total. The minimum absolute atomic E-state index is 0.0363. The lowest BCUT2D eigenvalue weighted by molar-refractivity contribution is 0.0643. The van der Waals surface area contributed by atoms with Crippen molar-refractivity contribution in [1.29, 1.82) is 0 Å². The maximum atomic E-state index is 13.6. The van der Waals surface area contributed by atoms with Crippen molar-refractivity contribution in [3.63, 3.8) is 0 Å². The van der Waals surface area contributed by atoms with E-state index >= 15 is 0 Å². The van der Waals surface area contributed by atoms with Crippen molar-refractivity contribution < 1.29 is 4.79 Å². The zero-order valence-corrected chi connectivity index (χ0v) is 18.6. The van der Waals surface area contributed by atoms with Crippen LogP contribution in [0.4, 0.5) is 5.82 Å². The molecule has 1 aromatic heterocycles. The zero-order valence-electron chi connectivity index (χ0n) is 18.6. The lowest BCUT2D eigenvalue weighted by atomic mass is 9.99. The van der Waals surface area contributed by atoms with Crippen LogP contribution in [0.1, 0.15) is 28.4 Å². The molecule has 0 aliphatic carbocycles. The van der Waals surface area contributed by atoms with Crippen molar-refractivity contribution in [2.45, 2.75) is 19.9 Å². The van der Waals surface area contributed by atoms with Crippen LogP contribution in [0, 0.1) is 0 Å². The van der Waals surface area contributed by atoms with Crippen LogP contribution in [-0.2, 0) is 13.0 Å². The number of amides is 1. The number of hydrogen-bond acceptors (Lipinski definition) is 5. The van der Waals surface area contributed by atoms with Crippen LogP contribution in [0.2, 0.25) is 0 Å². The quantitative estimate of drug-likeness (QED) is 0.638. The van der Waals surface area contributed by atoms with Crippen LogP contribution in [0.15, 0.2) is 60.8 Å². The molecule has 1 amide bonds. The fraction of sp³-hybridized carbons (Fsp3) is 0.346. The summed E-state index contributed by atoms with van der Waals surface area (Å²) in [6.45, 7) is 8.10. The van der Waals surface area contributed by atoms with Gasteiger partial charge >= 0.3 is 0 Å². The van der Waals surface area contributed by atoms with E-state index in [1.807, 2.05) is 35.2 Å². The van der Waals surface area contributed by atoms with Crippen molar-refractivity contribution in [1.82, 2.24) is 19.8 Å². The summed E-state index contributed by atoms with van der Waals surface area (Å²) >= 11 is 0. The number of piperazine rings is 1. The van der Waals surface area contributed by atoms with Gasteiger partial charge in [-0.1, -0.05) is 61.5 Å². The van der Waals surface area contributed by atoms with Gasteiger partial charge in [0.05, 0.1) is 0 Å². The van der Waals surface area contributed by atoms with Crippen LogP contribution < -0.4 is 4.90 Å². The maximum Gasteiger partial charge on any atom is 0.259 e. The molecule has 32 heavy (non-hydrogen) atoms. The number of carbonyl (C=O) groups excluding carboxylic acids is 1. The van der Waals surface area contributed by atoms with Crippen LogP contribution >= 0.6 is 0 Å². The van der Waals surface area contributed by atoms with Gasteiger partial charge in [0, 0.05) is 51.0 Å². The Bertz CT molecular complexity index is 1090. The molecule has 6 heteroatoms. The number of carbonyl (C=O) groups is 1. The number of benzene rings is 2. The molecule has 0 spiro atoms. The summed E-state index contributed by atoms with van der Waals surface area (Å²) in [6, 6.07) is 18.5. The Morgan fingerprint density at radius 3 is 2.38 bits per heavy atom. The first kappa shape index (κ1) is 20.6. The maximum absolute atomic E-state index is 13.6. The van der Waals surface area contributed by atoms with Crippen LogP contribution in [0.3, 0.4) is 0 Å². The summed E-state index contributed by atoms with van der Waals surface area (Å²) in [5.41, 5.74) is 4.24. The van der Waals surface area contributed by atoms with E-state index in [2.05, 4.69) is 46.0 Å². The number of anilines is 1. The van der Waals surface area contributed by atoms with E-state index < -0.39 is 0 Å². The van der Waals surface area contributed by atoms with Crippen molar-refractivity contribution >= 4 is 11.7 Å². The Kier molecular flexibility index (Phi) is 5.86. The Morgan fingerprint density at radius 2 is 1.62 bits per heavy atom. The Morgan fingerprint density at radius 1 is 0.906 bits per heavy atom. The van der Waals surface area contributed by atoms with Gasteiger partial charge in [-0.05, 0) is 24.1 Å². The van der Waals surface area contributed by atoms with Gasteiger partial charge in [0.2, 0.25) is 0 Å². The Labute approximate surface area is 189 Å². The van der Waals surface area contributed by atoms with Gasteiger partial charge in [-0.3, -0.25) is 4.79 Å². The summed E-state index contributed by atoms with van der Waals surface area (Å²) in [7, 11) is 0. The van der Waals surface area contributed by atoms with Crippen molar-refractivity contribution in [2.75, 3.05) is 44.2 Å². The molecule has 1 saturated heterocycles. The van der Waals surface area contributed by atoms with E-state index in [0.29, 0.717) is 11.4 Å². The van der Waals surface area contributed by atoms with Gasteiger partial charge in [0.15, 0.2) is 5.82 Å². The van der Waals surface area contributed by atoms with E-state index in [4.69, 9.17) is 4.98 Å². The molecule has 2 aromatic carbocycles. The first-order chi connectivity index (χ1) is 15.7. The SMILES string of the molecule is CCN1CCN(C(=O)c2cnc(-c3ccccc3)nc2N2CCc3ccccc3C2)CC1. The number of nitrogens with zero attached hydrogens (tertiary/aromatic N) is 5. The highest BCUT2D eigenvalue weighted by molar-refractivity contribution is 5.99. The standard InChI is InChI=1S/C26H29N5O/c1-2-29-14-16-30(17-15-29)26(32)23-18-27-24(21-9-4-3-5-10-21)28-25(23)31-13-12-20-8-6-7-11-22(20)19-31/h3-11,18H,2,12-17,19H2,1H3. The van der Waals surface area contributed by atoms with Gasteiger partial charge in [0.25, 0.3) is 5.91 Å². The minimum atomic E-state index is 0.0363. The van der Waals surface area contributed by atoms with Crippen LogP contribution in [0.5, 0.6) is 0 Å². The Balaban J connectivity index is 1.50. The van der Waals surface area contributed by atoms with Crippen molar-refractivity contribution in [2.24, 2.45) is 0 Å². The molecule has 3 heterocycles. The molecule has 0 atom stereocenters. The number of rotatable bonds is 4. The summed E-state index contributed by atoms with van der Waals surface area (Å²) in [4.78, 5) is 29.7. The lowest BCUT2D eigenvalue weighted by Crippen LogP contribution is -2.48. The van der Waals surface area contributed by atoms with E-state index in [-0.39, 0.29) is 5.91 Å². The molecular formula is C26H29N5O. The van der Waals surface area contributed by atoms with E-state index in [0.717, 1.165) is 63.6 Å². The fourth-order valence-electron chi connectivity index (χ4n) is 4.61. The van der Waals surface area contributed by atoms with E-state index in [1.165, 1.54) is 11.1 Å². The van der Waals surface area contributed by atoms with Gasteiger partial charge in [0.1, 0.15) is 11.4 Å². The predicted molar refractivity (Wildman–Crippen MR) is 127 cm³/mol. The molecule has 1 fully saturated rings. The summed E-state index contributed by atoms with van der Waals surface area (Å²) in [5, 5.41) is 0. The van der Waals surface area contributed by atoms with E-state index in [9.17, 15) is 4.79 Å². The Hall–Kier alpha value is -3.25. The van der Waals surface area contributed by atoms with E-state index in [1.54, 1.807) is 6.20 Å². The fourth-order valence-corrected chi connectivity index (χ4v) is 4.61. The molecule has 0 bridgehead atoms. The summed E-state index contributed by atoms with van der Waals surface area (Å²) in [5.74, 6) is 1.44. The molecule has 2 aliphatic rings. The number of fused-ring (bicyclic) bond motifs is 1. The number of likely N-dealkylation sites (N-methyl/N-ethyl adjacent to an activating group) is 1. The van der Waals surface area contributed by atoms with Gasteiger partial charge in [-0.25, -0.2) is 9.97 Å². The monoisotopic (exact) mass is 427 g/mol. The van der Waals surface area contributed by atoms with Gasteiger partial charge < -0.3 is 14.7 Å². The second kappa shape index (κ2) is 9.09. The highest BCUT2D eigenvalue weighted by Gasteiger charge is 2.28. The van der Waals surface area contributed by atoms with Crippen molar-refractivity contribution in [3.05, 3.63) is 77.5 Å². The molecule has 0 saturated carbocycles. The highest BCUT2D eigenvalue weighted by Crippen LogP contribution is 2.28. The number of aromatic nitrogens is 2. The predicted octanol–water partition coefficient (Wildman–Crippen LogP) is 3.48. The zero-order chi connectivity index (χ0) is 21.9. The average molecular weight is 428 g/mol. The lowest BCUT2D eigenvalue weighted by Gasteiger charge is -2.35. The third kappa shape index (κ3) is 4.10. The first-order valence-electron chi connectivity index (χ1n) is 11.5. The summed E-state index contributed by atoms with van der Waals surface area (Å²) in [6.07, 6.45) is 2.68. The molecule has 5 rings (SSSR count). The van der Waals surface area contributed by atoms with Crippen LogP contribution in [-0.4, -0.2) is 64.9 Å². The molecule has 164 valence electrons. The van der Waals surface area contributed by atoms with Gasteiger partial charge in [-0.15, -0.1) is 0 Å². The highest BCUT2D eigenvalue weighted by atomic mass is 16.2. The second-order valence-electron chi connectivity index (χ2n) is 8.46. The molecule has 0 radical (unpaired) electrons. The molecular weight excluding hydrogens is 398 g/mol. The largest absolute Gasteiger partial charge is 0.351 e. The molecule has 0 unspecified atom stereocenters. The van der Waals surface area contributed by atoms with Crippen LogP contribution in [0.25, 0.3) is 11.4 Å². The first-order valence-corrected chi connectivity index (χ1v) is 11.5. The molecule has 3 aromatic rings. The number of hydrogen-bond donors (Lipinski definition) is 0. The summed E-state index contributed by atoms with van der Waals surface area (Å²) < 4.78 is 0. The minimum Gasteiger partial charge on any atom is -0.351 e. The molecule has 2 aliphatic heterocycles.